The minimum absolute atomic E-state index is 0.0516. The summed E-state index contributed by atoms with van der Waals surface area (Å²) in [5, 5.41) is 1.95. The predicted octanol–water partition coefficient (Wildman–Crippen LogP) is 4.09. The molecule has 1 aliphatic carbocycles. The Hall–Kier alpha value is -1.76. The van der Waals surface area contributed by atoms with Crippen molar-refractivity contribution < 1.29 is 22.8 Å². The monoisotopic (exact) mass is 362 g/mol. The molecule has 0 unspecified atom stereocenters. The van der Waals surface area contributed by atoms with Crippen molar-refractivity contribution in [3.8, 4) is 0 Å². The number of amides is 2. The van der Waals surface area contributed by atoms with E-state index in [0.29, 0.717) is 6.07 Å². The minimum Gasteiger partial charge on any atom is -0.335 e. The van der Waals surface area contributed by atoms with E-state index in [4.69, 9.17) is 11.6 Å². The van der Waals surface area contributed by atoms with Gasteiger partial charge in [0.1, 0.15) is 0 Å². The van der Waals surface area contributed by atoms with Gasteiger partial charge in [0.2, 0.25) is 0 Å². The van der Waals surface area contributed by atoms with Crippen LogP contribution >= 0.6 is 11.6 Å². The van der Waals surface area contributed by atoms with Crippen molar-refractivity contribution in [2.24, 2.45) is 0 Å². The maximum absolute atomic E-state index is 13.0. The van der Waals surface area contributed by atoms with E-state index in [-0.39, 0.29) is 11.1 Å². The molecule has 0 heterocycles. The van der Waals surface area contributed by atoms with E-state index in [1.165, 1.54) is 18.0 Å². The maximum atomic E-state index is 13.0. The molecule has 1 aromatic rings. The second-order valence-electron chi connectivity index (χ2n) is 5.85. The highest BCUT2D eigenvalue weighted by Gasteiger charge is 2.35. The fourth-order valence-electron chi connectivity index (χ4n) is 2.83. The Morgan fingerprint density at radius 2 is 1.83 bits per heavy atom. The van der Waals surface area contributed by atoms with Crippen LogP contribution < -0.4 is 5.32 Å². The topological polar surface area (TPSA) is 49.4 Å². The summed E-state index contributed by atoms with van der Waals surface area (Å²) in [6.45, 7) is 0. The Morgan fingerprint density at radius 3 is 2.42 bits per heavy atom. The average molecular weight is 363 g/mol. The number of nitrogens with zero attached hydrogens (tertiary/aromatic N) is 1. The van der Waals surface area contributed by atoms with Gasteiger partial charge in [-0.05, 0) is 31.0 Å². The fraction of sp³-hybridized carbons (Fsp3) is 0.500. The zero-order chi connectivity index (χ0) is 17.9. The van der Waals surface area contributed by atoms with Gasteiger partial charge in [0.15, 0.2) is 0 Å². The zero-order valence-corrected chi connectivity index (χ0v) is 13.9. The van der Waals surface area contributed by atoms with Crippen LogP contribution in [0.4, 0.5) is 18.9 Å². The first-order valence-corrected chi connectivity index (χ1v) is 8.03. The van der Waals surface area contributed by atoms with Crippen LogP contribution in [0.1, 0.15) is 37.7 Å². The molecular weight excluding hydrogens is 345 g/mol. The summed E-state index contributed by atoms with van der Waals surface area (Å²) >= 11 is 5.59. The molecule has 1 fully saturated rings. The molecule has 0 spiro atoms. The van der Waals surface area contributed by atoms with Crippen molar-refractivity contribution in [2.45, 2.75) is 44.3 Å². The largest absolute Gasteiger partial charge is 0.418 e. The van der Waals surface area contributed by atoms with Crippen LogP contribution in [0.5, 0.6) is 0 Å². The number of anilines is 1. The van der Waals surface area contributed by atoms with Crippen molar-refractivity contribution in [1.29, 1.82) is 0 Å². The lowest BCUT2D eigenvalue weighted by Crippen LogP contribution is -2.44. The molecule has 4 nitrogen and oxygen atoms in total. The number of benzene rings is 1. The van der Waals surface area contributed by atoms with E-state index >= 15 is 0 Å². The third kappa shape index (κ3) is 4.41. The van der Waals surface area contributed by atoms with Crippen molar-refractivity contribution in [3.63, 3.8) is 0 Å². The first-order chi connectivity index (χ1) is 11.2. The molecule has 0 aromatic heterocycles. The number of likely N-dealkylation sites (N-methyl/N-ethyl adjacent to an activating group) is 1. The van der Waals surface area contributed by atoms with Crippen molar-refractivity contribution in [3.05, 3.63) is 28.8 Å². The molecule has 1 saturated carbocycles. The van der Waals surface area contributed by atoms with Crippen molar-refractivity contribution in [1.82, 2.24) is 4.90 Å². The van der Waals surface area contributed by atoms with Crippen LogP contribution in [0.3, 0.4) is 0 Å². The Balaban J connectivity index is 2.13. The standard InChI is InChI=1S/C16H18ClF3N2O2/c1-22(11-5-3-2-4-6-11)15(24)14(23)21-13-8-7-10(17)9-12(13)16(18,19)20/h7-9,11H,2-6H2,1H3,(H,21,23). The van der Waals surface area contributed by atoms with E-state index in [1.54, 1.807) is 0 Å². The SMILES string of the molecule is CN(C(=O)C(=O)Nc1ccc(Cl)cc1C(F)(F)F)C1CCCCC1. The molecule has 8 heteroatoms. The Bertz CT molecular complexity index is 628. The average Bonchev–Trinajstić information content (AvgIpc) is 2.55. The number of alkyl halides is 3. The first-order valence-electron chi connectivity index (χ1n) is 7.65. The quantitative estimate of drug-likeness (QED) is 0.806. The summed E-state index contributed by atoms with van der Waals surface area (Å²) in [6, 6.07) is 2.93. The highest BCUT2D eigenvalue weighted by Crippen LogP contribution is 2.36. The van der Waals surface area contributed by atoms with Crippen molar-refractivity contribution in [2.75, 3.05) is 12.4 Å². The van der Waals surface area contributed by atoms with Gasteiger partial charge in [-0.1, -0.05) is 30.9 Å². The van der Waals surface area contributed by atoms with Gasteiger partial charge in [0.05, 0.1) is 11.3 Å². The summed E-state index contributed by atoms with van der Waals surface area (Å²) in [5.41, 5.74) is -1.57. The molecule has 0 atom stereocenters. The molecule has 132 valence electrons. The van der Waals surface area contributed by atoms with Crippen LogP contribution in [0.25, 0.3) is 0 Å². The van der Waals surface area contributed by atoms with Crippen LogP contribution in [0.15, 0.2) is 18.2 Å². The maximum Gasteiger partial charge on any atom is 0.418 e. The van der Waals surface area contributed by atoms with E-state index < -0.39 is 29.2 Å². The fourth-order valence-corrected chi connectivity index (χ4v) is 3.00. The minimum atomic E-state index is -4.69. The summed E-state index contributed by atoms with van der Waals surface area (Å²) in [5.74, 6) is -1.93. The molecule has 0 radical (unpaired) electrons. The molecule has 0 aliphatic heterocycles. The lowest BCUT2D eigenvalue weighted by Gasteiger charge is -2.30. The summed E-state index contributed by atoms with van der Waals surface area (Å²) < 4.78 is 39.1. The second kappa shape index (κ2) is 7.42. The van der Waals surface area contributed by atoms with Gasteiger partial charge in [-0.15, -0.1) is 0 Å². The van der Waals surface area contributed by atoms with Gasteiger partial charge < -0.3 is 10.2 Å². The van der Waals surface area contributed by atoms with Crippen LogP contribution in [-0.4, -0.2) is 29.8 Å². The van der Waals surface area contributed by atoms with E-state index in [1.807, 2.05) is 0 Å². The summed E-state index contributed by atoms with van der Waals surface area (Å²) in [4.78, 5) is 25.6. The van der Waals surface area contributed by atoms with Crippen molar-refractivity contribution >= 4 is 29.1 Å². The molecule has 0 bridgehead atoms. The molecular formula is C16H18ClF3N2O2. The van der Waals surface area contributed by atoms with E-state index in [2.05, 4.69) is 5.32 Å². The third-order valence-corrected chi connectivity index (χ3v) is 4.41. The van der Waals surface area contributed by atoms with Gasteiger partial charge in [-0.2, -0.15) is 13.2 Å². The highest BCUT2D eigenvalue weighted by molar-refractivity contribution is 6.39. The van der Waals surface area contributed by atoms with Gasteiger partial charge in [-0.25, -0.2) is 0 Å². The Labute approximate surface area is 143 Å². The van der Waals surface area contributed by atoms with Gasteiger partial charge in [0, 0.05) is 18.1 Å². The van der Waals surface area contributed by atoms with Gasteiger partial charge in [-0.3, -0.25) is 9.59 Å². The highest BCUT2D eigenvalue weighted by atomic mass is 35.5. The molecule has 1 N–H and O–H groups in total. The molecule has 0 saturated heterocycles. The second-order valence-corrected chi connectivity index (χ2v) is 6.29. The number of hydrogen-bond acceptors (Lipinski definition) is 2. The number of nitrogens with one attached hydrogen (secondary N) is 1. The normalized spacial score (nSPS) is 15.9. The van der Waals surface area contributed by atoms with Gasteiger partial charge >= 0.3 is 18.0 Å². The number of rotatable bonds is 2. The zero-order valence-electron chi connectivity index (χ0n) is 13.1. The first kappa shape index (κ1) is 18.6. The number of hydrogen-bond donors (Lipinski definition) is 1. The van der Waals surface area contributed by atoms with E-state index in [9.17, 15) is 22.8 Å². The van der Waals surface area contributed by atoms with Crippen LogP contribution in [-0.2, 0) is 15.8 Å². The molecule has 1 aliphatic rings. The molecule has 2 rings (SSSR count). The smallest absolute Gasteiger partial charge is 0.335 e. The number of carbonyl (C=O) groups excluding carboxylic acids is 2. The predicted molar refractivity (Wildman–Crippen MR) is 84.7 cm³/mol. The number of halogens is 4. The third-order valence-electron chi connectivity index (χ3n) is 4.17. The molecule has 24 heavy (non-hydrogen) atoms. The van der Waals surface area contributed by atoms with Crippen LogP contribution in [0, 0.1) is 0 Å². The van der Waals surface area contributed by atoms with Crippen LogP contribution in [0.2, 0.25) is 5.02 Å². The lowest BCUT2D eigenvalue weighted by molar-refractivity contribution is -0.144. The van der Waals surface area contributed by atoms with E-state index in [0.717, 1.165) is 38.2 Å². The molecule has 1 aromatic carbocycles. The Kier molecular flexibility index (Phi) is 5.74. The summed E-state index contributed by atoms with van der Waals surface area (Å²) in [6.07, 6.45) is -0.0660. The molecule has 2 amide bonds. The van der Waals surface area contributed by atoms with Gasteiger partial charge in [0.25, 0.3) is 0 Å². The summed E-state index contributed by atoms with van der Waals surface area (Å²) in [7, 11) is 1.50. The lowest BCUT2D eigenvalue weighted by atomic mass is 9.94. The number of carbonyl (C=O) groups is 2. The Morgan fingerprint density at radius 1 is 1.21 bits per heavy atom.